The fraction of sp³-hybridized carbons (Fsp3) is 0.318. The van der Waals surface area contributed by atoms with Crippen LogP contribution in [0.1, 0.15) is 19.6 Å². The molecular formula is C22H26N4O3S. The second kappa shape index (κ2) is 8.12. The van der Waals surface area contributed by atoms with Gasteiger partial charge in [0.15, 0.2) is 0 Å². The summed E-state index contributed by atoms with van der Waals surface area (Å²) < 4.78 is 34.0. The number of hydrogen-bond donors (Lipinski definition) is 2. The molecular weight excluding hydrogens is 400 g/mol. The Hall–Kier alpha value is -2.84. The average molecular weight is 427 g/mol. The average Bonchev–Trinajstić information content (AvgIpc) is 3.14. The minimum Gasteiger partial charge on any atom is -0.461 e. The first kappa shape index (κ1) is 20.4. The Morgan fingerprint density at radius 3 is 2.40 bits per heavy atom. The maximum Gasteiger partial charge on any atom is 0.261 e. The zero-order chi connectivity index (χ0) is 21.3. The third kappa shape index (κ3) is 4.49. The van der Waals surface area contributed by atoms with Crippen molar-refractivity contribution in [3.05, 3.63) is 60.5 Å². The lowest BCUT2D eigenvalue weighted by atomic mass is 10.1. The lowest BCUT2D eigenvalue weighted by molar-refractivity contribution is 0.405. The molecule has 8 heteroatoms. The van der Waals surface area contributed by atoms with E-state index in [0.29, 0.717) is 23.5 Å². The Labute approximate surface area is 177 Å². The van der Waals surface area contributed by atoms with Crippen LogP contribution < -0.4 is 14.9 Å². The monoisotopic (exact) mass is 426 g/mol. The van der Waals surface area contributed by atoms with E-state index >= 15 is 0 Å². The standard InChI is InChI=1S/C22H26N4O3S/c1-15-13-26(14-16(2)24-15)22-12-19(10-11-23-22)25-30(27,28)20-7-5-18(6-8-20)21-9-4-17(3)29-21/h4-12,15-16,24H,13-14H2,1-3H3,(H,23,25). The van der Waals surface area contributed by atoms with E-state index in [0.717, 1.165) is 30.2 Å². The SMILES string of the molecule is Cc1ccc(-c2ccc(S(=O)(=O)Nc3ccnc(N4CC(C)NC(C)C4)c3)cc2)o1. The summed E-state index contributed by atoms with van der Waals surface area (Å²) in [6.07, 6.45) is 1.63. The van der Waals surface area contributed by atoms with Crippen molar-refractivity contribution in [1.82, 2.24) is 10.3 Å². The van der Waals surface area contributed by atoms with E-state index in [1.54, 1.807) is 42.6 Å². The van der Waals surface area contributed by atoms with Gasteiger partial charge in [-0.1, -0.05) is 0 Å². The highest BCUT2D eigenvalue weighted by atomic mass is 32.2. The molecule has 0 spiro atoms. The Kier molecular flexibility index (Phi) is 5.53. The molecule has 2 unspecified atom stereocenters. The molecule has 1 fully saturated rings. The number of sulfonamides is 1. The van der Waals surface area contributed by atoms with Gasteiger partial charge in [-0.15, -0.1) is 0 Å². The Morgan fingerprint density at radius 2 is 1.77 bits per heavy atom. The first-order valence-corrected chi connectivity index (χ1v) is 11.5. The van der Waals surface area contributed by atoms with Crippen molar-refractivity contribution in [1.29, 1.82) is 0 Å². The number of benzene rings is 1. The number of hydrogen-bond acceptors (Lipinski definition) is 6. The van der Waals surface area contributed by atoms with E-state index in [4.69, 9.17) is 4.42 Å². The van der Waals surface area contributed by atoms with Crippen LogP contribution >= 0.6 is 0 Å². The van der Waals surface area contributed by atoms with Crippen molar-refractivity contribution in [3.63, 3.8) is 0 Å². The van der Waals surface area contributed by atoms with Crippen LogP contribution in [0.5, 0.6) is 0 Å². The molecule has 30 heavy (non-hydrogen) atoms. The van der Waals surface area contributed by atoms with Gasteiger partial charge in [-0.25, -0.2) is 13.4 Å². The van der Waals surface area contributed by atoms with Crippen LogP contribution in [0.4, 0.5) is 11.5 Å². The van der Waals surface area contributed by atoms with Gasteiger partial charge in [-0.05, 0) is 63.2 Å². The van der Waals surface area contributed by atoms with Gasteiger partial charge in [-0.3, -0.25) is 4.72 Å². The first-order chi connectivity index (χ1) is 14.3. The van der Waals surface area contributed by atoms with Gasteiger partial charge in [0.25, 0.3) is 10.0 Å². The van der Waals surface area contributed by atoms with E-state index < -0.39 is 10.0 Å². The summed E-state index contributed by atoms with van der Waals surface area (Å²) in [7, 11) is -3.72. The Balaban J connectivity index is 1.52. The Bertz CT molecular complexity index is 1120. The molecule has 2 atom stereocenters. The van der Waals surface area contributed by atoms with E-state index in [1.807, 2.05) is 19.1 Å². The van der Waals surface area contributed by atoms with Crippen LogP contribution in [-0.2, 0) is 10.0 Å². The van der Waals surface area contributed by atoms with Crippen molar-refractivity contribution in [2.75, 3.05) is 22.7 Å². The molecule has 1 aliphatic rings. The number of nitrogens with one attached hydrogen (secondary N) is 2. The van der Waals surface area contributed by atoms with Crippen LogP contribution in [0.3, 0.4) is 0 Å². The van der Waals surface area contributed by atoms with Crippen molar-refractivity contribution >= 4 is 21.5 Å². The maximum atomic E-state index is 12.9. The molecule has 2 aromatic heterocycles. The van der Waals surface area contributed by atoms with Gasteiger partial charge in [0, 0.05) is 43.0 Å². The summed E-state index contributed by atoms with van der Waals surface area (Å²) in [4.78, 5) is 6.80. The van der Waals surface area contributed by atoms with Crippen LogP contribution in [0.15, 0.2) is 64.0 Å². The van der Waals surface area contributed by atoms with Crippen molar-refractivity contribution in [2.24, 2.45) is 0 Å². The molecule has 1 aromatic carbocycles. The molecule has 0 aliphatic carbocycles. The molecule has 2 N–H and O–H groups in total. The van der Waals surface area contributed by atoms with Crippen LogP contribution in [0, 0.1) is 6.92 Å². The molecule has 7 nitrogen and oxygen atoms in total. The summed E-state index contributed by atoms with van der Waals surface area (Å²) in [6, 6.07) is 14.5. The molecule has 1 aliphatic heterocycles. The summed E-state index contributed by atoms with van der Waals surface area (Å²) in [5, 5.41) is 3.48. The zero-order valence-electron chi connectivity index (χ0n) is 17.3. The largest absolute Gasteiger partial charge is 0.461 e. The topological polar surface area (TPSA) is 87.5 Å². The number of aromatic nitrogens is 1. The summed E-state index contributed by atoms with van der Waals surface area (Å²) >= 11 is 0. The van der Waals surface area contributed by atoms with Crippen LogP contribution in [0.25, 0.3) is 11.3 Å². The number of piperazine rings is 1. The number of furan rings is 1. The van der Waals surface area contributed by atoms with E-state index in [9.17, 15) is 8.42 Å². The second-order valence-electron chi connectivity index (χ2n) is 7.82. The van der Waals surface area contributed by atoms with Crippen LogP contribution in [-0.4, -0.2) is 38.6 Å². The van der Waals surface area contributed by atoms with Gasteiger partial charge in [0.2, 0.25) is 0 Å². The molecule has 3 heterocycles. The van der Waals surface area contributed by atoms with E-state index in [1.165, 1.54) is 0 Å². The van der Waals surface area contributed by atoms with Crippen molar-refractivity contribution < 1.29 is 12.8 Å². The third-order valence-corrected chi connectivity index (χ3v) is 6.47. The molecule has 0 radical (unpaired) electrons. The van der Waals surface area contributed by atoms with E-state index in [2.05, 4.69) is 33.8 Å². The van der Waals surface area contributed by atoms with E-state index in [-0.39, 0.29) is 4.90 Å². The predicted molar refractivity (Wildman–Crippen MR) is 118 cm³/mol. The van der Waals surface area contributed by atoms with Crippen molar-refractivity contribution in [2.45, 2.75) is 37.8 Å². The summed E-state index contributed by atoms with van der Waals surface area (Å²) in [6.45, 7) is 7.77. The quantitative estimate of drug-likeness (QED) is 0.648. The Morgan fingerprint density at radius 1 is 1.07 bits per heavy atom. The number of anilines is 2. The molecule has 4 rings (SSSR count). The smallest absolute Gasteiger partial charge is 0.261 e. The minimum atomic E-state index is -3.72. The number of nitrogens with zero attached hydrogens (tertiary/aromatic N) is 2. The number of rotatable bonds is 5. The first-order valence-electron chi connectivity index (χ1n) is 9.97. The van der Waals surface area contributed by atoms with Gasteiger partial charge >= 0.3 is 0 Å². The fourth-order valence-electron chi connectivity index (χ4n) is 3.77. The van der Waals surface area contributed by atoms with Gasteiger partial charge < -0.3 is 14.6 Å². The predicted octanol–water partition coefficient (Wildman–Crippen LogP) is 3.64. The summed E-state index contributed by atoms with van der Waals surface area (Å²) in [5.41, 5.74) is 1.32. The second-order valence-corrected chi connectivity index (χ2v) is 9.50. The molecule has 0 bridgehead atoms. The molecule has 158 valence electrons. The van der Waals surface area contributed by atoms with Crippen molar-refractivity contribution in [3.8, 4) is 11.3 Å². The molecule has 1 saturated heterocycles. The fourth-order valence-corrected chi connectivity index (χ4v) is 4.82. The lowest BCUT2D eigenvalue weighted by Crippen LogP contribution is -2.54. The van der Waals surface area contributed by atoms with Gasteiger partial charge in [-0.2, -0.15) is 0 Å². The molecule has 3 aromatic rings. The minimum absolute atomic E-state index is 0.192. The number of pyridine rings is 1. The van der Waals surface area contributed by atoms with Crippen LogP contribution in [0.2, 0.25) is 0 Å². The lowest BCUT2D eigenvalue weighted by Gasteiger charge is -2.37. The highest BCUT2D eigenvalue weighted by Gasteiger charge is 2.22. The van der Waals surface area contributed by atoms with Gasteiger partial charge in [0.1, 0.15) is 17.3 Å². The third-order valence-electron chi connectivity index (χ3n) is 5.07. The van der Waals surface area contributed by atoms with Gasteiger partial charge in [0.05, 0.1) is 10.6 Å². The highest BCUT2D eigenvalue weighted by Crippen LogP contribution is 2.25. The highest BCUT2D eigenvalue weighted by molar-refractivity contribution is 7.92. The molecule has 0 amide bonds. The zero-order valence-corrected chi connectivity index (χ0v) is 18.1. The normalized spacial score (nSPS) is 19.6. The summed E-state index contributed by atoms with van der Waals surface area (Å²) in [5.74, 6) is 2.28. The maximum absolute atomic E-state index is 12.9. The number of aryl methyl sites for hydroxylation is 1. The molecule has 0 saturated carbocycles.